The minimum atomic E-state index is -2.36. The molecule has 0 radical (unpaired) electrons. The van der Waals surface area contributed by atoms with Crippen molar-refractivity contribution in [1.29, 1.82) is 0 Å². The van der Waals surface area contributed by atoms with E-state index in [1.54, 1.807) is 22.3 Å². The first-order valence-electron chi connectivity index (χ1n) is 14.8. The molecule has 2 atom stereocenters. The number of fused-ring (bicyclic) bond motifs is 2. The van der Waals surface area contributed by atoms with E-state index in [0.717, 1.165) is 0 Å². The van der Waals surface area contributed by atoms with Crippen LogP contribution in [-0.2, 0) is 18.3 Å². The summed E-state index contributed by atoms with van der Waals surface area (Å²) < 4.78 is 1.37. The summed E-state index contributed by atoms with van der Waals surface area (Å²) in [6, 6.07) is 36.5. The Morgan fingerprint density at radius 1 is 0.524 bits per heavy atom. The molecule has 0 bridgehead atoms. The van der Waals surface area contributed by atoms with Crippen molar-refractivity contribution < 1.29 is 43.2 Å². The molecule has 2 aliphatic rings. The Labute approximate surface area is 274 Å². The molecule has 0 aliphatic heterocycles. The van der Waals surface area contributed by atoms with Gasteiger partial charge in [0.15, 0.2) is 0 Å². The van der Waals surface area contributed by atoms with Crippen molar-refractivity contribution in [3.05, 3.63) is 130 Å². The Bertz CT molecular complexity index is 1540. The van der Waals surface area contributed by atoms with E-state index in [2.05, 4.69) is 148 Å². The van der Waals surface area contributed by atoms with Crippen LogP contribution in [0.3, 0.4) is 0 Å². The monoisotopic (exact) mass is 820 g/mol. The van der Waals surface area contributed by atoms with E-state index in [1.165, 1.54) is 33.4 Å². The summed E-state index contributed by atoms with van der Waals surface area (Å²) in [7, 11) is -1.25. The predicted octanol–water partition coefficient (Wildman–Crippen LogP) is 4.79. The average Bonchev–Trinajstić information content (AvgIpc) is 3.54. The minimum Gasteiger partial charge on any atom is -1.00 e. The second-order valence-corrected chi connectivity index (χ2v) is 52.5. The molecule has 0 amide bonds. The molecule has 0 saturated carbocycles. The van der Waals surface area contributed by atoms with Crippen LogP contribution in [0.2, 0.25) is 11.5 Å². The van der Waals surface area contributed by atoms with Crippen LogP contribution < -0.4 is 24.8 Å². The van der Waals surface area contributed by atoms with Crippen LogP contribution in [-0.4, -0.2) is 10.1 Å². The number of rotatable bonds is 6. The Morgan fingerprint density at radius 2 is 0.905 bits per heavy atom. The normalized spacial score (nSPS) is 16.5. The molecular formula is C38H40Cl2GeHf. The summed E-state index contributed by atoms with van der Waals surface area (Å²) in [5.41, 5.74) is 15.3. The van der Waals surface area contributed by atoms with Crippen molar-refractivity contribution >= 4 is 22.2 Å². The van der Waals surface area contributed by atoms with E-state index in [1.807, 2.05) is 0 Å². The topological polar surface area (TPSA) is 0 Å². The average molecular weight is 819 g/mol. The Kier molecular flexibility index (Phi) is 11.1. The van der Waals surface area contributed by atoms with Gasteiger partial charge in [0, 0.05) is 0 Å². The molecule has 0 heterocycles. The van der Waals surface area contributed by atoms with Crippen LogP contribution in [0.4, 0.5) is 0 Å². The van der Waals surface area contributed by atoms with Gasteiger partial charge in [-0.1, -0.05) is 0 Å². The molecule has 0 nitrogen and oxygen atoms in total. The van der Waals surface area contributed by atoms with Crippen LogP contribution >= 0.6 is 0 Å². The molecule has 6 rings (SSSR count). The first-order chi connectivity index (χ1) is 19.4. The van der Waals surface area contributed by atoms with Crippen LogP contribution in [0.15, 0.2) is 108 Å². The number of benzene rings is 4. The maximum atomic E-state index is 2.72. The van der Waals surface area contributed by atoms with Crippen molar-refractivity contribution in [3.8, 4) is 22.3 Å². The molecule has 0 spiro atoms. The largest absolute Gasteiger partial charge is 1.00 e. The summed E-state index contributed by atoms with van der Waals surface area (Å²) in [6.07, 6.45) is 5.27. The van der Waals surface area contributed by atoms with Gasteiger partial charge >= 0.3 is 252 Å². The van der Waals surface area contributed by atoms with Gasteiger partial charge < -0.3 is 24.8 Å². The maximum Gasteiger partial charge on any atom is -1.00 e. The zero-order valence-corrected chi connectivity index (χ0v) is 32.7. The van der Waals surface area contributed by atoms with Gasteiger partial charge in [-0.05, 0) is 0 Å². The van der Waals surface area contributed by atoms with Gasteiger partial charge in [0.1, 0.15) is 0 Å². The third-order valence-corrected chi connectivity index (χ3v) is 51.9. The van der Waals surface area contributed by atoms with Crippen LogP contribution in [0.1, 0.15) is 57.3 Å². The van der Waals surface area contributed by atoms with Gasteiger partial charge in [0.25, 0.3) is 0 Å². The molecule has 4 heteroatoms. The summed E-state index contributed by atoms with van der Waals surface area (Å²) in [5, 5.41) is 0. The zero-order valence-electron chi connectivity index (χ0n) is 25.5. The molecule has 4 aromatic carbocycles. The van der Waals surface area contributed by atoms with Crippen LogP contribution in [0.25, 0.3) is 34.4 Å². The molecular weight excluding hydrogens is 778 g/mol. The van der Waals surface area contributed by atoms with Gasteiger partial charge in [0.2, 0.25) is 0 Å². The summed E-state index contributed by atoms with van der Waals surface area (Å²) in [4.78, 5) is 0. The first-order valence-corrected chi connectivity index (χ1v) is 33.6. The van der Waals surface area contributed by atoms with Crippen molar-refractivity contribution in [3.63, 3.8) is 0 Å². The van der Waals surface area contributed by atoms with Crippen molar-refractivity contribution in [2.24, 2.45) is 11.8 Å². The van der Waals surface area contributed by atoms with E-state index < -0.39 is 28.4 Å². The smallest absolute Gasteiger partial charge is 1.00 e. The van der Waals surface area contributed by atoms with Gasteiger partial charge in [0.05, 0.1) is 0 Å². The molecule has 0 aromatic heterocycles. The van der Waals surface area contributed by atoms with E-state index in [0.29, 0.717) is 19.2 Å². The molecule has 2 aliphatic carbocycles. The summed E-state index contributed by atoms with van der Waals surface area (Å²) in [6.45, 7) is 9.76. The molecule has 0 saturated heterocycles. The number of hydrogen-bond acceptors (Lipinski definition) is 0. The molecule has 2 unspecified atom stereocenters. The Hall–Kier alpha value is -1.65. The SMILES string of the molecule is CC(C)C1=Cc2c(-c3ccccc3)cccc2[CH]1[Hf+2]([CH]1C(C(C)C)=Cc2c(-c3ccccc3)cccc21)=[Ge]([CH3])[CH3].[Cl-].[Cl-]. The summed E-state index contributed by atoms with van der Waals surface area (Å²) >= 11 is -2.36. The van der Waals surface area contributed by atoms with Gasteiger partial charge in [-0.25, -0.2) is 0 Å². The van der Waals surface area contributed by atoms with Crippen molar-refractivity contribution in [2.45, 2.75) is 46.6 Å². The Balaban J connectivity index is 0.00000202. The molecule has 4 aromatic rings. The van der Waals surface area contributed by atoms with Crippen LogP contribution in [0.5, 0.6) is 0 Å². The van der Waals surface area contributed by atoms with E-state index in [4.69, 9.17) is 0 Å². The zero-order chi connectivity index (χ0) is 28.0. The first kappa shape index (κ1) is 33.3. The van der Waals surface area contributed by atoms with Gasteiger partial charge in [-0.2, -0.15) is 0 Å². The fourth-order valence-electron chi connectivity index (χ4n) is 7.03. The summed E-state index contributed by atoms with van der Waals surface area (Å²) in [5.74, 6) is 6.58. The minimum absolute atomic E-state index is 0. The predicted molar refractivity (Wildman–Crippen MR) is 172 cm³/mol. The quantitative estimate of drug-likeness (QED) is 0.246. The van der Waals surface area contributed by atoms with E-state index >= 15 is 0 Å². The third-order valence-electron chi connectivity index (χ3n) is 8.89. The number of halogens is 2. The number of hydrogen-bond donors (Lipinski definition) is 0. The van der Waals surface area contributed by atoms with Crippen molar-refractivity contribution in [2.75, 3.05) is 0 Å². The molecule has 42 heavy (non-hydrogen) atoms. The Morgan fingerprint density at radius 3 is 1.24 bits per heavy atom. The van der Waals surface area contributed by atoms with Crippen molar-refractivity contribution in [1.82, 2.24) is 0 Å². The molecule has 214 valence electrons. The molecule has 0 N–H and O–H groups in total. The molecule has 0 fully saturated rings. The van der Waals surface area contributed by atoms with E-state index in [-0.39, 0.29) is 24.8 Å². The number of allylic oxidation sites excluding steroid dienone is 2. The second kappa shape index (κ2) is 14.0. The maximum absolute atomic E-state index is 2.72. The second-order valence-electron chi connectivity index (χ2n) is 12.3. The van der Waals surface area contributed by atoms with E-state index in [9.17, 15) is 0 Å². The fourth-order valence-corrected chi connectivity index (χ4v) is 53.1. The fraction of sp³-hybridized carbons (Fsp3) is 0.263. The van der Waals surface area contributed by atoms with Crippen LogP contribution in [0, 0.1) is 11.8 Å². The van der Waals surface area contributed by atoms with Gasteiger partial charge in [-0.3, -0.25) is 0 Å². The third kappa shape index (κ3) is 6.01. The van der Waals surface area contributed by atoms with Gasteiger partial charge in [-0.15, -0.1) is 0 Å². The standard InChI is InChI=1S/2C18H17.C2H6Ge.2ClH.Hf/c2*1-13(2)16-11-15-9-6-10-17(18(15)12-16)14-7-4-3-5-8-14;1-3-2;;;/h2*3-13H,1-2H3;1-2H3;2*1H;/q;;;;;+2/p-2.